The maximum Gasteiger partial charge on any atom is 0.216 e. The second kappa shape index (κ2) is 9.35. The third kappa shape index (κ3) is 7.98. The van der Waals surface area contributed by atoms with Crippen molar-refractivity contribution in [3.05, 3.63) is 0 Å². The van der Waals surface area contributed by atoms with Crippen LogP contribution in [0.15, 0.2) is 0 Å². The minimum absolute atomic E-state index is 0. The van der Waals surface area contributed by atoms with Gasteiger partial charge in [-0.3, -0.25) is 0 Å². The Morgan fingerprint density at radius 2 is 2.00 bits per heavy atom. The Labute approximate surface area is 98.2 Å². The zero-order chi connectivity index (χ0) is 11.0. The molecule has 0 spiro atoms. The Hall–Kier alpha value is 0.120. The standard InChI is InChI=1S/C8H20N2O3S.ClH/c1-8(7-13-2)14(11,12)10-6-4-3-5-9;/h8,10H,3-7,9H2,1-2H3;1H. The van der Waals surface area contributed by atoms with Crippen LogP contribution in [0.3, 0.4) is 0 Å². The van der Waals surface area contributed by atoms with E-state index in [1.807, 2.05) is 0 Å². The van der Waals surface area contributed by atoms with Crippen molar-refractivity contribution in [3.63, 3.8) is 0 Å². The number of nitrogens with one attached hydrogen (secondary N) is 1. The van der Waals surface area contributed by atoms with Crippen LogP contribution in [0.1, 0.15) is 19.8 Å². The number of unbranched alkanes of at least 4 members (excludes halogenated alkanes) is 1. The Morgan fingerprint density at radius 3 is 2.47 bits per heavy atom. The summed E-state index contributed by atoms with van der Waals surface area (Å²) >= 11 is 0. The van der Waals surface area contributed by atoms with E-state index in [4.69, 9.17) is 10.5 Å². The molecule has 0 saturated heterocycles. The van der Waals surface area contributed by atoms with E-state index < -0.39 is 15.3 Å². The number of ether oxygens (including phenoxy) is 1. The van der Waals surface area contributed by atoms with Crippen LogP contribution in [-0.4, -0.2) is 40.5 Å². The summed E-state index contributed by atoms with van der Waals surface area (Å²) in [6.45, 7) is 2.88. The Bertz CT molecular complexity index is 234. The molecule has 0 aromatic heterocycles. The van der Waals surface area contributed by atoms with Gasteiger partial charge in [0.15, 0.2) is 0 Å². The van der Waals surface area contributed by atoms with E-state index in [9.17, 15) is 8.42 Å². The maximum absolute atomic E-state index is 11.5. The molecule has 5 nitrogen and oxygen atoms in total. The number of hydrogen-bond acceptors (Lipinski definition) is 4. The van der Waals surface area contributed by atoms with Gasteiger partial charge in [-0.25, -0.2) is 13.1 Å². The largest absolute Gasteiger partial charge is 0.383 e. The molecular formula is C8H21ClN2O3S. The summed E-state index contributed by atoms with van der Waals surface area (Å²) in [4.78, 5) is 0. The van der Waals surface area contributed by atoms with Crippen molar-refractivity contribution in [3.8, 4) is 0 Å². The van der Waals surface area contributed by atoms with Crippen molar-refractivity contribution in [2.24, 2.45) is 5.73 Å². The molecule has 0 aliphatic carbocycles. The lowest BCUT2D eigenvalue weighted by Gasteiger charge is -2.12. The first kappa shape index (κ1) is 17.5. The predicted molar refractivity (Wildman–Crippen MR) is 63.8 cm³/mol. The normalized spacial score (nSPS) is 13.3. The predicted octanol–water partition coefficient (Wildman–Crippen LogP) is 0.101. The van der Waals surface area contributed by atoms with E-state index in [0.717, 1.165) is 12.8 Å². The van der Waals surface area contributed by atoms with Crippen molar-refractivity contribution in [2.45, 2.75) is 25.0 Å². The van der Waals surface area contributed by atoms with Gasteiger partial charge in [-0.1, -0.05) is 0 Å². The SMILES string of the molecule is COCC(C)S(=O)(=O)NCCCCN.Cl. The molecule has 0 aliphatic rings. The van der Waals surface area contributed by atoms with Crippen LogP contribution >= 0.6 is 12.4 Å². The van der Waals surface area contributed by atoms with Crippen molar-refractivity contribution in [2.75, 3.05) is 26.8 Å². The van der Waals surface area contributed by atoms with Crippen LogP contribution in [0.4, 0.5) is 0 Å². The fourth-order valence-electron chi connectivity index (χ4n) is 0.950. The lowest BCUT2D eigenvalue weighted by Crippen LogP contribution is -2.35. The highest BCUT2D eigenvalue weighted by Gasteiger charge is 2.19. The number of sulfonamides is 1. The van der Waals surface area contributed by atoms with Crippen LogP contribution in [0.2, 0.25) is 0 Å². The quantitative estimate of drug-likeness (QED) is 0.607. The second-order valence-corrected chi connectivity index (χ2v) is 5.38. The van der Waals surface area contributed by atoms with Gasteiger partial charge in [-0.15, -0.1) is 12.4 Å². The molecule has 3 N–H and O–H groups in total. The van der Waals surface area contributed by atoms with E-state index in [-0.39, 0.29) is 19.0 Å². The molecule has 0 aromatic carbocycles. The van der Waals surface area contributed by atoms with Crippen LogP contribution in [0.5, 0.6) is 0 Å². The van der Waals surface area contributed by atoms with Crippen LogP contribution < -0.4 is 10.5 Å². The summed E-state index contributed by atoms with van der Waals surface area (Å²) in [7, 11) is -1.73. The van der Waals surface area contributed by atoms with Gasteiger partial charge in [0.1, 0.15) is 0 Å². The lowest BCUT2D eigenvalue weighted by molar-refractivity contribution is 0.200. The van der Waals surface area contributed by atoms with Crippen LogP contribution in [-0.2, 0) is 14.8 Å². The molecule has 0 saturated carbocycles. The molecule has 0 heterocycles. The highest BCUT2D eigenvalue weighted by atomic mass is 35.5. The molecular weight excluding hydrogens is 240 g/mol. The fourth-order valence-corrected chi connectivity index (χ4v) is 1.98. The van der Waals surface area contributed by atoms with E-state index in [1.165, 1.54) is 7.11 Å². The molecule has 1 unspecified atom stereocenters. The molecule has 7 heteroatoms. The van der Waals surface area contributed by atoms with E-state index >= 15 is 0 Å². The zero-order valence-electron chi connectivity index (χ0n) is 9.23. The maximum atomic E-state index is 11.5. The van der Waals surface area contributed by atoms with Crippen LogP contribution in [0, 0.1) is 0 Å². The van der Waals surface area contributed by atoms with Gasteiger partial charge in [0.2, 0.25) is 10.0 Å². The first-order chi connectivity index (χ1) is 6.54. The summed E-state index contributed by atoms with van der Waals surface area (Å²) in [6.07, 6.45) is 1.61. The average molecular weight is 261 g/mol. The minimum Gasteiger partial charge on any atom is -0.383 e. The van der Waals surface area contributed by atoms with Gasteiger partial charge in [-0.05, 0) is 26.3 Å². The molecule has 0 rings (SSSR count). The molecule has 0 fully saturated rings. The molecule has 1 atom stereocenters. The number of methoxy groups -OCH3 is 1. The Morgan fingerprint density at radius 1 is 1.40 bits per heavy atom. The summed E-state index contributed by atoms with van der Waals surface area (Å²) in [5.41, 5.74) is 5.29. The van der Waals surface area contributed by atoms with E-state index in [0.29, 0.717) is 13.1 Å². The van der Waals surface area contributed by atoms with Crippen molar-refractivity contribution in [1.29, 1.82) is 0 Å². The molecule has 15 heavy (non-hydrogen) atoms. The Kier molecular flexibility index (Phi) is 10.9. The minimum atomic E-state index is -3.22. The number of rotatable bonds is 8. The van der Waals surface area contributed by atoms with E-state index in [1.54, 1.807) is 6.92 Å². The summed E-state index contributed by atoms with van der Waals surface area (Å²) in [5.74, 6) is 0. The fraction of sp³-hybridized carbons (Fsp3) is 1.00. The average Bonchev–Trinajstić information content (AvgIpc) is 2.13. The first-order valence-corrected chi connectivity index (χ1v) is 6.26. The third-order valence-corrected chi connectivity index (χ3v) is 3.67. The highest BCUT2D eigenvalue weighted by Crippen LogP contribution is 1.98. The topological polar surface area (TPSA) is 81.4 Å². The third-order valence-electron chi connectivity index (χ3n) is 1.87. The van der Waals surface area contributed by atoms with Crippen LogP contribution in [0.25, 0.3) is 0 Å². The van der Waals surface area contributed by atoms with Crippen molar-refractivity contribution >= 4 is 22.4 Å². The van der Waals surface area contributed by atoms with Gasteiger partial charge < -0.3 is 10.5 Å². The van der Waals surface area contributed by atoms with Crippen molar-refractivity contribution < 1.29 is 13.2 Å². The number of halogens is 1. The molecule has 0 radical (unpaired) electrons. The first-order valence-electron chi connectivity index (χ1n) is 4.72. The summed E-state index contributed by atoms with van der Waals surface area (Å²) in [5, 5.41) is -0.509. The monoisotopic (exact) mass is 260 g/mol. The van der Waals surface area contributed by atoms with Crippen molar-refractivity contribution in [1.82, 2.24) is 4.72 Å². The number of nitrogens with two attached hydrogens (primary N) is 1. The Balaban J connectivity index is 0. The van der Waals surface area contributed by atoms with Gasteiger partial charge >= 0.3 is 0 Å². The van der Waals surface area contributed by atoms with Gasteiger partial charge in [0.25, 0.3) is 0 Å². The molecule has 0 aromatic rings. The molecule has 94 valence electrons. The second-order valence-electron chi connectivity index (χ2n) is 3.20. The zero-order valence-corrected chi connectivity index (χ0v) is 10.9. The smallest absolute Gasteiger partial charge is 0.216 e. The van der Waals surface area contributed by atoms with Gasteiger partial charge in [-0.2, -0.15) is 0 Å². The van der Waals surface area contributed by atoms with E-state index in [2.05, 4.69) is 4.72 Å². The molecule has 0 aliphatic heterocycles. The van der Waals surface area contributed by atoms with Gasteiger partial charge in [0, 0.05) is 13.7 Å². The molecule has 0 amide bonds. The van der Waals surface area contributed by atoms with Gasteiger partial charge in [0.05, 0.1) is 11.9 Å². The molecule has 0 bridgehead atoms. The number of hydrogen-bond donors (Lipinski definition) is 2. The summed E-state index contributed by atoms with van der Waals surface area (Å²) in [6, 6.07) is 0. The lowest BCUT2D eigenvalue weighted by atomic mass is 10.3. The summed E-state index contributed by atoms with van der Waals surface area (Å²) < 4.78 is 30.2. The highest BCUT2D eigenvalue weighted by molar-refractivity contribution is 7.90.